The van der Waals surface area contributed by atoms with E-state index in [-0.39, 0.29) is 6.04 Å². The lowest BCUT2D eigenvalue weighted by Crippen LogP contribution is -2.35. The van der Waals surface area contributed by atoms with Gasteiger partial charge >= 0.3 is 0 Å². The van der Waals surface area contributed by atoms with Crippen LogP contribution in [0, 0.1) is 0 Å². The van der Waals surface area contributed by atoms with E-state index in [1.807, 2.05) is 60.8 Å². The molecule has 10 heteroatoms. The number of ether oxygens (including phenoxy) is 1. The van der Waals surface area contributed by atoms with Crippen molar-refractivity contribution in [2.24, 2.45) is 0 Å². The Morgan fingerprint density at radius 1 is 0.850 bits per heavy atom. The summed E-state index contributed by atoms with van der Waals surface area (Å²) in [5.41, 5.74) is 10.1. The summed E-state index contributed by atoms with van der Waals surface area (Å²) in [4.78, 5) is 11.3. The maximum absolute atomic E-state index is 6.38. The highest BCUT2D eigenvalue weighted by Gasteiger charge is 2.27. The lowest BCUT2D eigenvalue weighted by Gasteiger charge is -2.33. The van der Waals surface area contributed by atoms with E-state index in [9.17, 15) is 0 Å². The second-order valence-electron chi connectivity index (χ2n) is 10.6. The second kappa shape index (κ2) is 10.6. The first kappa shape index (κ1) is 24.6. The smallest absolute Gasteiger partial charge is 0.164 e. The number of nitrogens with zero attached hydrogens (tertiary/aromatic N) is 7. The number of fused-ring (bicyclic) bond motifs is 1. The monoisotopic (exact) mass is 535 g/mol. The van der Waals surface area contributed by atoms with Gasteiger partial charge in [-0.15, -0.1) is 0 Å². The summed E-state index contributed by atoms with van der Waals surface area (Å²) in [5, 5.41) is 14.0. The fraction of sp³-hybridized carbons (Fsp3) is 0.333. The van der Waals surface area contributed by atoms with Crippen LogP contribution in [0.3, 0.4) is 0 Å². The maximum atomic E-state index is 6.38. The molecule has 0 radical (unpaired) electrons. The molecule has 0 spiro atoms. The van der Waals surface area contributed by atoms with Crippen molar-refractivity contribution in [3.63, 3.8) is 0 Å². The van der Waals surface area contributed by atoms with E-state index < -0.39 is 0 Å². The van der Waals surface area contributed by atoms with Crippen LogP contribution in [-0.4, -0.2) is 55.7 Å². The van der Waals surface area contributed by atoms with Gasteiger partial charge in [-0.1, -0.05) is 18.2 Å². The Bertz CT molecular complexity index is 1580. The van der Waals surface area contributed by atoms with Gasteiger partial charge in [0.2, 0.25) is 0 Å². The minimum Gasteiger partial charge on any atom is -0.457 e. The number of anilines is 2. The molecule has 0 saturated carbocycles. The average molecular weight is 536 g/mol. The summed E-state index contributed by atoms with van der Waals surface area (Å²) in [6.45, 7) is 3.99. The quantitative estimate of drug-likeness (QED) is 0.318. The molecule has 2 aromatic carbocycles. The molecule has 7 rings (SSSR count). The number of rotatable bonds is 6. The molecule has 5 aromatic rings. The molecule has 2 aliphatic rings. The molecule has 5 heterocycles. The van der Waals surface area contributed by atoms with Crippen LogP contribution >= 0.6 is 0 Å². The van der Waals surface area contributed by atoms with E-state index in [0.29, 0.717) is 11.9 Å². The highest BCUT2D eigenvalue weighted by atomic mass is 16.5. The standard InChI is InChI=1S/C30H33N9O/c31-29-27-28(21-6-8-26(9-7-21)40-25-4-2-1-3-5-25)36-39(30(27)34-20-33-29)23-12-16-37(17-13-23)24-18-35-38(19-24)22-10-14-32-15-11-22/h1-9,18-20,22-23,32H,10-17H2,(H2,31,33,34). The first-order valence-electron chi connectivity index (χ1n) is 14.0. The highest BCUT2D eigenvalue weighted by molar-refractivity contribution is 5.98. The molecule has 0 aliphatic carbocycles. The van der Waals surface area contributed by atoms with Crippen molar-refractivity contribution < 1.29 is 4.74 Å². The lowest BCUT2D eigenvalue weighted by molar-refractivity contribution is 0.343. The zero-order valence-corrected chi connectivity index (χ0v) is 22.4. The molecule has 10 nitrogen and oxygen atoms in total. The predicted octanol–water partition coefficient (Wildman–Crippen LogP) is 4.83. The number of hydrogen-bond acceptors (Lipinski definition) is 8. The third kappa shape index (κ3) is 4.75. The molecule has 0 unspecified atom stereocenters. The van der Waals surface area contributed by atoms with E-state index in [4.69, 9.17) is 20.7 Å². The van der Waals surface area contributed by atoms with Crippen molar-refractivity contribution in [2.75, 3.05) is 36.8 Å². The third-order valence-electron chi connectivity index (χ3n) is 8.07. The average Bonchev–Trinajstić information content (AvgIpc) is 3.66. The highest BCUT2D eigenvalue weighted by Crippen LogP contribution is 2.36. The van der Waals surface area contributed by atoms with E-state index in [0.717, 1.165) is 85.7 Å². The molecule has 0 atom stereocenters. The van der Waals surface area contributed by atoms with Gasteiger partial charge in [-0.2, -0.15) is 10.2 Å². The molecule has 2 fully saturated rings. The molecule has 3 aromatic heterocycles. The molecule has 2 saturated heterocycles. The van der Waals surface area contributed by atoms with Gasteiger partial charge in [-0.3, -0.25) is 4.68 Å². The van der Waals surface area contributed by atoms with Gasteiger partial charge in [0.15, 0.2) is 5.65 Å². The largest absolute Gasteiger partial charge is 0.457 e. The molecule has 0 amide bonds. The SMILES string of the molecule is Nc1ncnc2c1c(-c1ccc(Oc3ccccc3)cc1)nn2C1CCN(c2cnn(C3CCNCC3)c2)CC1. The Morgan fingerprint density at radius 2 is 1.60 bits per heavy atom. The van der Waals surface area contributed by atoms with Gasteiger partial charge in [0.1, 0.15) is 29.3 Å². The Hall–Kier alpha value is -4.44. The van der Waals surface area contributed by atoms with Crippen molar-refractivity contribution in [2.45, 2.75) is 37.8 Å². The molecule has 204 valence electrons. The van der Waals surface area contributed by atoms with Crippen molar-refractivity contribution >= 4 is 22.5 Å². The number of piperidine rings is 2. The van der Waals surface area contributed by atoms with Gasteiger partial charge in [0.25, 0.3) is 0 Å². The lowest BCUT2D eigenvalue weighted by atomic mass is 10.0. The molecular formula is C30H33N9O. The number of hydrogen-bond donors (Lipinski definition) is 2. The minimum atomic E-state index is 0.224. The molecule has 0 bridgehead atoms. The molecule has 40 heavy (non-hydrogen) atoms. The predicted molar refractivity (Wildman–Crippen MR) is 156 cm³/mol. The van der Waals surface area contributed by atoms with Crippen LogP contribution in [0.2, 0.25) is 0 Å². The Balaban J connectivity index is 1.10. The fourth-order valence-corrected chi connectivity index (χ4v) is 5.89. The summed E-state index contributed by atoms with van der Waals surface area (Å²) >= 11 is 0. The normalized spacial score (nSPS) is 16.9. The van der Waals surface area contributed by atoms with Crippen molar-refractivity contribution in [1.29, 1.82) is 0 Å². The van der Waals surface area contributed by atoms with E-state index in [1.165, 1.54) is 12.0 Å². The van der Waals surface area contributed by atoms with Crippen LogP contribution in [-0.2, 0) is 0 Å². The zero-order valence-electron chi connectivity index (χ0n) is 22.4. The van der Waals surface area contributed by atoms with Crippen LogP contribution in [0.1, 0.15) is 37.8 Å². The number of nitrogens with one attached hydrogen (secondary N) is 1. The van der Waals surface area contributed by atoms with Crippen LogP contribution < -0.4 is 20.7 Å². The van der Waals surface area contributed by atoms with Gasteiger partial charge in [-0.25, -0.2) is 14.6 Å². The van der Waals surface area contributed by atoms with Crippen molar-refractivity contribution in [1.82, 2.24) is 34.8 Å². The summed E-state index contributed by atoms with van der Waals surface area (Å²) in [7, 11) is 0. The van der Waals surface area contributed by atoms with E-state index in [2.05, 4.69) is 35.7 Å². The fourth-order valence-electron chi connectivity index (χ4n) is 5.89. The minimum absolute atomic E-state index is 0.224. The maximum Gasteiger partial charge on any atom is 0.164 e. The van der Waals surface area contributed by atoms with Crippen molar-refractivity contribution in [3.05, 3.63) is 73.3 Å². The summed E-state index contributed by atoms with van der Waals surface area (Å²) < 4.78 is 10.2. The summed E-state index contributed by atoms with van der Waals surface area (Å²) in [6, 6.07) is 18.4. The van der Waals surface area contributed by atoms with Gasteiger partial charge < -0.3 is 20.7 Å². The first-order chi connectivity index (χ1) is 19.7. The number of benzene rings is 2. The van der Waals surface area contributed by atoms with Crippen LogP contribution in [0.25, 0.3) is 22.3 Å². The summed E-state index contributed by atoms with van der Waals surface area (Å²) in [6.07, 6.45) is 9.95. The first-order valence-corrected chi connectivity index (χ1v) is 14.0. The van der Waals surface area contributed by atoms with Gasteiger partial charge in [0.05, 0.1) is 29.4 Å². The summed E-state index contributed by atoms with van der Waals surface area (Å²) in [5.74, 6) is 2.00. The number of para-hydroxylation sites is 1. The Kier molecular flexibility index (Phi) is 6.52. The van der Waals surface area contributed by atoms with Crippen molar-refractivity contribution in [3.8, 4) is 22.8 Å². The third-order valence-corrected chi connectivity index (χ3v) is 8.07. The second-order valence-corrected chi connectivity index (χ2v) is 10.6. The number of aromatic nitrogens is 6. The topological polar surface area (TPSA) is 112 Å². The Morgan fingerprint density at radius 3 is 2.38 bits per heavy atom. The molecular weight excluding hydrogens is 502 g/mol. The van der Waals surface area contributed by atoms with Gasteiger partial charge in [0, 0.05) is 24.8 Å². The van der Waals surface area contributed by atoms with Crippen LogP contribution in [0.15, 0.2) is 73.3 Å². The van der Waals surface area contributed by atoms with Crippen LogP contribution in [0.4, 0.5) is 11.5 Å². The zero-order chi connectivity index (χ0) is 26.9. The van der Waals surface area contributed by atoms with Gasteiger partial charge in [-0.05, 0) is 75.2 Å². The number of nitrogens with two attached hydrogens (primary N) is 1. The van der Waals surface area contributed by atoms with Crippen LogP contribution in [0.5, 0.6) is 11.5 Å². The Labute approximate surface area is 232 Å². The molecule has 3 N–H and O–H groups in total. The number of nitrogen functional groups attached to an aromatic ring is 1. The van der Waals surface area contributed by atoms with E-state index >= 15 is 0 Å². The van der Waals surface area contributed by atoms with E-state index in [1.54, 1.807) is 0 Å². The molecule has 2 aliphatic heterocycles.